The molecule has 0 aliphatic heterocycles. The Labute approximate surface area is 134 Å². The summed E-state index contributed by atoms with van der Waals surface area (Å²) < 4.78 is 0. The average Bonchev–Trinajstić information content (AvgIpc) is 3.07. The van der Waals surface area contributed by atoms with Crippen molar-refractivity contribution < 1.29 is 9.59 Å². The van der Waals surface area contributed by atoms with E-state index in [1.54, 1.807) is 24.5 Å². The van der Waals surface area contributed by atoms with E-state index in [2.05, 4.69) is 20.6 Å². The smallest absolute Gasteiger partial charge is 0.243 e. The summed E-state index contributed by atoms with van der Waals surface area (Å²) in [6.07, 6.45) is 3.42. The minimum Gasteiger partial charge on any atom is -0.346 e. The van der Waals surface area contributed by atoms with Gasteiger partial charge in [0, 0.05) is 23.6 Å². The molecule has 2 rings (SSSR count). The van der Waals surface area contributed by atoms with Gasteiger partial charge in [0.15, 0.2) is 0 Å². The predicted octanol–water partition coefficient (Wildman–Crippen LogP) is 1.11. The molecule has 5 N–H and O–H groups in total. The second-order valence-corrected chi connectivity index (χ2v) is 5.55. The van der Waals surface area contributed by atoms with Crippen LogP contribution in [0.4, 0.5) is 5.69 Å². The van der Waals surface area contributed by atoms with Crippen LogP contribution in [0.5, 0.6) is 0 Å². The number of H-pyrrole nitrogens is 1. The number of hydrogen-bond acceptors (Lipinski definition) is 4. The number of aromatic amines is 1. The third-order valence-electron chi connectivity index (χ3n) is 3.38. The molecule has 2 amide bonds. The number of amides is 2. The van der Waals surface area contributed by atoms with Crippen molar-refractivity contribution in [3.63, 3.8) is 0 Å². The summed E-state index contributed by atoms with van der Waals surface area (Å²) in [5.74, 6) is 0.147. The molecule has 1 heterocycles. The topological polar surface area (TPSA) is 113 Å². The number of benzene rings is 1. The highest BCUT2D eigenvalue weighted by molar-refractivity contribution is 5.95. The van der Waals surface area contributed by atoms with Crippen LogP contribution in [0.25, 0.3) is 11.4 Å². The van der Waals surface area contributed by atoms with Crippen LogP contribution in [0.2, 0.25) is 0 Å². The molecule has 2 aromatic rings. The Hall–Kier alpha value is -2.67. The van der Waals surface area contributed by atoms with Crippen molar-refractivity contribution in [1.82, 2.24) is 15.3 Å². The first-order valence-electron chi connectivity index (χ1n) is 7.40. The lowest BCUT2D eigenvalue weighted by atomic mass is 10.1. The SMILES string of the molecule is CC(C)[C@H](N)C(=O)NCC(=O)Nc1ccc(-c2ncc[nH]2)cc1. The van der Waals surface area contributed by atoms with E-state index in [0.717, 1.165) is 11.4 Å². The highest BCUT2D eigenvalue weighted by Gasteiger charge is 2.17. The number of carbonyl (C=O) groups excluding carboxylic acids is 2. The van der Waals surface area contributed by atoms with Crippen LogP contribution < -0.4 is 16.4 Å². The van der Waals surface area contributed by atoms with Crippen molar-refractivity contribution in [3.05, 3.63) is 36.7 Å². The molecule has 7 heteroatoms. The molecule has 0 fully saturated rings. The van der Waals surface area contributed by atoms with Gasteiger partial charge in [-0.1, -0.05) is 13.8 Å². The van der Waals surface area contributed by atoms with Gasteiger partial charge in [-0.25, -0.2) is 4.98 Å². The van der Waals surface area contributed by atoms with E-state index < -0.39 is 6.04 Å². The monoisotopic (exact) mass is 315 g/mol. The van der Waals surface area contributed by atoms with Crippen molar-refractivity contribution in [2.45, 2.75) is 19.9 Å². The van der Waals surface area contributed by atoms with Gasteiger partial charge in [0.25, 0.3) is 0 Å². The Kier molecular flexibility index (Phi) is 5.48. The molecule has 0 aliphatic rings. The number of nitrogens with two attached hydrogens (primary N) is 1. The third kappa shape index (κ3) is 4.65. The van der Waals surface area contributed by atoms with Gasteiger partial charge in [-0.15, -0.1) is 0 Å². The van der Waals surface area contributed by atoms with Crippen molar-refractivity contribution in [1.29, 1.82) is 0 Å². The van der Waals surface area contributed by atoms with E-state index in [1.807, 2.05) is 26.0 Å². The first-order chi connectivity index (χ1) is 11.0. The Morgan fingerprint density at radius 1 is 1.26 bits per heavy atom. The largest absolute Gasteiger partial charge is 0.346 e. The molecule has 1 atom stereocenters. The summed E-state index contributed by atoms with van der Waals surface area (Å²) in [6, 6.07) is 6.63. The van der Waals surface area contributed by atoms with E-state index >= 15 is 0 Å². The van der Waals surface area contributed by atoms with Gasteiger partial charge in [-0.05, 0) is 30.2 Å². The fourth-order valence-corrected chi connectivity index (χ4v) is 1.93. The van der Waals surface area contributed by atoms with E-state index in [1.165, 1.54) is 0 Å². The highest BCUT2D eigenvalue weighted by Crippen LogP contribution is 2.17. The second kappa shape index (κ2) is 7.55. The maximum absolute atomic E-state index is 11.8. The van der Waals surface area contributed by atoms with Crippen LogP contribution in [-0.4, -0.2) is 34.4 Å². The van der Waals surface area contributed by atoms with E-state index in [-0.39, 0.29) is 24.3 Å². The zero-order valence-electron chi connectivity index (χ0n) is 13.2. The zero-order chi connectivity index (χ0) is 16.8. The van der Waals surface area contributed by atoms with Gasteiger partial charge in [0.05, 0.1) is 12.6 Å². The van der Waals surface area contributed by atoms with Crippen molar-refractivity contribution >= 4 is 17.5 Å². The molecule has 0 spiro atoms. The normalized spacial score (nSPS) is 12.0. The molecule has 122 valence electrons. The number of hydrogen-bond donors (Lipinski definition) is 4. The molecular weight excluding hydrogens is 294 g/mol. The highest BCUT2D eigenvalue weighted by atomic mass is 16.2. The molecule has 7 nitrogen and oxygen atoms in total. The molecule has 23 heavy (non-hydrogen) atoms. The van der Waals surface area contributed by atoms with Gasteiger partial charge >= 0.3 is 0 Å². The van der Waals surface area contributed by atoms with Crippen LogP contribution in [0, 0.1) is 5.92 Å². The summed E-state index contributed by atoms with van der Waals surface area (Å²) in [5.41, 5.74) is 7.28. The summed E-state index contributed by atoms with van der Waals surface area (Å²) in [5, 5.41) is 5.24. The minimum atomic E-state index is -0.615. The summed E-state index contributed by atoms with van der Waals surface area (Å²) in [4.78, 5) is 30.7. The standard InChI is InChI=1S/C16H21N5O2/c1-10(2)14(17)16(23)20-9-13(22)21-12-5-3-11(4-6-12)15-18-7-8-19-15/h3-8,10,14H,9,17H2,1-2H3,(H,18,19)(H,20,23)(H,21,22)/t14-/m0/s1. The molecule has 1 aromatic carbocycles. The summed E-state index contributed by atoms with van der Waals surface area (Å²) in [6.45, 7) is 3.59. The average molecular weight is 315 g/mol. The fourth-order valence-electron chi connectivity index (χ4n) is 1.93. The summed E-state index contributed by atoms with van der Waals surface area (Å²) in [7, 11) is 0. The quantitative estimate of drug-likeness (QED) is 0.639. The Morgan fingerprint density at radius 3 is 2.52 bits per heavy atom. The molecular formula is C16H21N5O2. The molecule has 0 aliphatic carbocycles. The lowest BCUT2D eigenvalue weighted by molar-refractivity contribution is -0.125. The molecule has 0 saturated heterocycles. The number of anilines is 1. The van der Waals surface area contributed by atoms with E-state index in [0.29, 0.717) is 5.69 Å². The first kappa shape index (κ1) is 16.7. The van der Waals surface area contributed by atoms with Crippen LogP contribution in [-0.2, 0) is 9.59 Å². The van der Waals surface area contributed by atoms with Gasteiger partial charge in [-0.3, -0.25) is 9.59 Å². The van der Waals surface area contributed by atoms with Gasteiger partial charge < -0.3 is 21.4 Å². The molecule has 0 radical (unpaired) electrons. The van der Waals surface area contributed by atoms with Gasteiger partial charge in [-0.2, -0.15) is 0 Å². The van der Waals surface area contributed by atoms with E-state index in [9.17, 15) is 9.59 Å². The van der Waals surface area contributed by atoms with Gasteiger partial charge in [0.2, 0.25) is 11.8 Å². The Bertz CT molecular complexity index is 650. The lowest BCUT2D eigenvalue weighted by Gasteiger charge is -2.15. The number of aromatic nitrogens is 2. The van der Waals surface area contributed by atoms with E-state index in [4.69, 9.17) is 5.73 Å². The number of rotatable bonds is 6. The van der Waals surface area contributed by atoms with Gasteiger partial charge in [0.1, 0.15) is 5.82 Å². The van der Waals surface area contributed by atoms with Crippen LogP contribution in [0.1, 0.15) is 13.8 Å². The second-order valence-electron chi connectivity index (χ2n) is 5.55. The lowest BCUT2D eigenvalue weighted by Crippen LogP contribution is -2.46. The van der Waals surface area contributed by atoms with Crippen LogP contribution >= 0.6 is 0 Å². The Balaban J connectivity index is 1.85. The first-order valence-corrected chi connectivity index (χ1v) is 7.40. The number of carbonyl (C=O) groups is 2. The zero-order valence-corrected chi connectivity index (χ0v) is 13.2. The van der Waals surface area contributed by atoms with Crippen molar-refractivity contribution in [2.24, 2.45) is 11.7 Å². The maximum atomic E-state index is 11.8. The number of imidazole rings is 1. The molecule has 0 saturated carbocycles. The molecule has 0 unspecified atom stereocenters. The summed E-state index contributed by atoms with van der Waals surface area (Å²) >= 11 is 0. The minimum absolute atomic E-state index is 0.0206. The van der Waals surface area contributed by atoms with Crippen LogP contribution in [0.15, 0.2) is 36.7 Å². The van der Waals surface area contributed by atoms with Crippen LogP contribution in [0.3, 0.4) is 0 Å². The number of nitrogens with one attached hydrogen (secondary N) is 3. The van der Waals surface area contributed by atoms with Crippen molar-refractivity contribution in [2.75, 3.05) is 11.9 Å². The third-order valence-corrected chi connectivity index (χ3v) is 3.38. The Morgan fingerprint density at radius 2 is 1.96 bits per heavy atom. The fraction of sp³-hybridized carbons (Fsp3) is 0.312. The molecule has 1 aromatic heterocycles. The number of nitrogens with zero attached hydrogens (tertiary/aromatic N) is 1. The maximum Gasteiger partial charge on any atom is 0.243 e. The predicted molar refractivity (Wildman–Crippen MR) is 88.5 cm³/mol. The molecule has 0 bridgehead atoms. The van der Waals surface area contributed by atoms with Crippen molar-refractivity contribution in [3.8, 4) is 11.4 Å².